The van der Waals surface area contributed by atoms with Gasteiger partial charge in [-0.25, -0.2) is 17.7 Å². The van der Waals surface area contributed by atoms with Gasteiger partial charge in [0.2, 0.25) is 5.69 Å². The van der Waals surface area contributed by atoms with Crippen molar-refractivity contribution in [2.75, 3.05) is 0 Å². The summed E-state index contributed by atoms with van der Waals surface area (Å²) in [6.45, 7) is 18.8. The van der Waals surface area contributed by atoms with Crippen molar-refractivity contribution in [3.8, 4) is 22.4 Å². The summed E-state index contributed by atoms with van der Waals surface area (Å²) in [7, 11) is 1.98. The predicted molar refractivity (Wildman–Crippen MR) is 174 cm³/mol. The SMILES string of the molecule is Cc1ccc2c(oc3c(-c4ccc(C(C)(C)C)c5c4C(C)(C)C(F)(F)C(C)(C)C5(C)C)c(F)ccc32)c1-c1cccc[n+]1C. The van der Waals surface area contributed by atoms with Crippen LogP contribution in [-0.4, -0.2) is 5.92 Å². The molecule has 0 atom stereocenters. The third-order valence-electron chi connectivity index (χ3n) is 10.9. The molecule has 0 spiro atoms. The lowest BCUT2D eigenvalue weighted by Crippen LogP contribution is -2.63. The largest absolute Gasteiger partial charge is 0.454 e. The molecular weight excluding hydrogens is 555 g/mol. The first kappa shape index (κ1) is 30.4. The number of hydrogen-bond donors (Lipinski definition) is 0. The van der Waals surface area contributed by atoms with Crippen LogP contribution >= 0.6 is 0 Å². The molecule has 230 valence electrons. The standard InChI is InChI=1S/C39H43F3NO/c1-22-15-16-23-24-18-20-27(40)30(34(24)44-33(23)29(22)28-14-12-13-21-43(28)11)25-17-19-26(35(2,3)4)32-31(25)37(7,8)39(41,42)38(9,10)36(32,5)6/h12-21H,1-11H3/q+1. The summed E-state index contributed by atoms with van der Waals surface area (Å²) in [6, 6.07) is 17.1. The Kier molecular flexibility index (Phi) is 6.37. The number of rotatable bonds is 2. The van der Waals surface area contributed by atoms with Crippen LogP contribution in [0, 0.1) is 18.2 Å². The van der Waals surface area contributed by atoms with Crippen LogP contribution in [0.3, 0.4) is 0 Å². The fourth-order valence-corrected chi connectivity index (χ4v) is 7.71. The number of fused-ring (bicyclic) bond motifs is 4. The number of alkyl halides is 2. The van der Waals surface area contributed by atoms with E-state index >= 15 is 13.2 Å². The summed E-state index contributed by atoms with van der Waals surface area (Å²) in [5.41, 5.74) is 2.80. The van der Waals surface area contributed by atoms with Crippen molar-refractivity contribution in [3.63, 3.8) is 0 Å². The van der Waals surface area contributed by atoms with Crippen molar-refractivity contribution in [2.24, 2.45) is 12.5 Å². The Balaban J connectivity index is 1.79. The third-order valence-corrected chi connectivity index (χ3v) is 10.9. The second-order valence-electron chi connectivity index (χ2n) is 15.3. The molecule has 0 saturated heterocycles. The zero-order valence-electron chi connectivity index (χ0n) is 27.8. The van der Waals surface area contributed by atoms with Gasteiger partial charge in [0.05, 0.1) is 16.5 Å². The van der Waals surface area contributed by atoms with E-state index in [0.717, 1.165) is 38.7 Å². The molecule has 0 bridgehead atoms. The maximum atomic E-state index is 16.8. The zero-order valence-corrected chi connectivity index (χ0v) is 27.8. The molecule has 1 aliphatic rings. The molecule has 0 unspecified atom stereocenters. The normalized spacial score (nSPS) is 18.5. The van der Waals surface area contributed by atoms with E-state index in [9.17, 15) is 0 Å². The number of hydrogen-bond acceptors (Lipinski definition) is 1. The van der Waals surface area contributed by atoms with Crippen LogP contribution in [0.15, 0.2) is 65.2 Å². The molecule has 5 heteroatoms. The molecule has 6 rings (SSSR count). The number of benzene rings is 3. The first-order valence-corrected chi connectivity index (χ1v) is 15.4. The topological polar surface area (TPSA) is 17.0 Å². The molecule has 2 nitrogen and oxygen atoms in total. The van der Waals surface area contributed by atoms with E-state index in [4.69, 9.17) is 4.42 Å². The van der Waals surface area contributed by atoms with E-state index in [1.165, 1.54) is 6.07 Å². The molecule has 0 aliphatic heterocycles. The van der Waals surface area contributed by atoms with Gasteiger partial charge in [-0.3, -0.25) is 0 Å². The highest BCUT2D eigenvalue weighted by Crippen LogP contribution is 2.66. The van der Waals surface area contributed by atoms with Crippen LogP contribution in [0.4, 0.5) is 13.2 Å². The van der Waals surface area contributed by atoms with E-state index in [1.807, 2.05) is 75.0 Å². The van der Waals surface area contributed by atoms with E-state index in [1.54, 1.807) is 33.8 Å². The summed E-state index contributed by atoms with van der Waals surface area (Å²) < 4.78 is 58.8. The van der Waals surface area contributed by atoms with Crippen molar-refractivity contribution >= 4 is 21.9 Å². The summed E-state index contributed by atoms with van der Waals surface area (Å²) >= 11 is 0. The Labute approximate surface area is 258 Å². The Morgan fingerprint density at radius 3 is 1.95 bits per heavy atom. The van der Waals surface area contributed by atoms with Gasteiger partial charge in [-0.15, -0.1) is 0 Å². The molecule has 0 saturated carbocycles. The first-order valence-electron chi connectivity index (χ1n) is 15.4. The van der Waals surface area contributed by atoms with Gasteiger partial charge in [-0.05, 0) is 72.2 Å². The quantitative estimate of drug-likeness (QED) is 0.185. The lowest BCUT2D eigenvalue weighted by Gasteiger charge is -2.59. The fraction of sp³-hybridized carbons (Fsp3) is 0.410. The second-order valence-corrected chi connectivity index (χ2v) is 15.3. The van der Waals surface area contributed by atoms with E-state index in [-0.39, 0.29) is 11.0 Å². The summed E-state index contributed by atoms with van der Waals surface area (Å²) in [5.74, 6) is -3.60. The number of furan rings is 1. The van der Waals surface area contributed by atoms with Crippen molar-refractivity contribution < 1.29 is 22.2 Å². The van der Waals surface area contributed by atoms with Gasteiger partial charge in [-0.2, -0.15) is 0 Å². The van der Waals surface area contributed by atoms with Crippen molar-refractivity contribution in [3.05, 3.63) is 88.9 Å². The Hall–Kier alpha value is -3.60. The Morgan fingerprint density at radius 2 is 1.34 bits per heavy atom. The average molecular weight is 599 g/mol. The molecule has 0 N–H and O–H groups in total. The maximum Gasteiger partial charge on any atom is 0.262 e. The third kappa shape index (κ3) is 3.77. The highest BCUT2D eigenvalue weighted by Gasteiger charge is 2.68. The number of pyridine rings is 1. The Morgan fingerprint density at radius 1 is 0.727 bits per heavy atom. The van der Waals surface area contributed by atoms with Gasteiger partial charge in [0.1, 0.15) is 24.0 Å². The minimum atomic E-state index is -3.10. The summed E-state index contributed by atoms with van der Waals surface area (Å²) in [4.78, 5) is 0. The second kappa shape index (κ2) is 9.22. The Bertz CT molecular complexity index is 1990. The predicted octanol–water partition coefficient (Wildman–Crippen LogP) is 10.7. The van der Waals surface area contributed by atoms with Gasteiger partial charge in [0.25, 0.3) is 5.92 Å². The molecule has 5 aromatic rings. The van der Waals surface area contributed by atoms with Crippen LogP contribution in [0.25, 0.3) is 44.3 Å². The number of nitrogens with zero attached hydrogens (tertiary/aromatic N) is 1. The van der Waals surface area contributed by atoms with Gasteiger partial charge in [0.15, 0.2) is 6.20 Å². The molecule has 0 radical (unpaired) electrons. The summed E-state index contributed by atoms with van der Waals surface area (Å²) in [6.07, 6.45) is 1.98. The number of halogens is 3. The minimum Gasteiger partial charge on any atom is -0.454 e. The van der Waals surface area contributed by atoms with Gasteiger partial charge < -0.3 is 4.42 Å². The van der Waals surface area contributed by atoms with E-state index in [0.29, 0.717) is 22.3 Å². The van der Waals surface area contributed by atoms with Crippen LogP contribution in [0.5, 0.6) is 0 Å². The lowest BCUT2D eigenvalue weighted by molar-refractivity contribution is -0.660. The number of aromatic nitrogens is 1. The smallest absolute Gasteiger partial charge is 0.262 e. The van der Waals surface area contributed by atoms with E-state index in [2.05, 4.69) is 26.8 Å². The minimum absolute atomic E-state index is 0.232. The highest BCUT2D eigenvalue weighted by molar-refractivity contribution is 6.13. The molecule has 44 heavy (non-hydrogen) atoms. The molecule has 2 aromatic heterocycles. The molecular formula is C39H43F3NO+. The first-order chi connectivity index (χ1) is 20.3. The van der Waals surface area contributed by atoms with Gasteiger partial charge in [-0.1, -0.05) is 72.7 Å². The zero-order chi connectivity index (χ0) is 32.4. The van der Waals surface area contributed by atoms with Crippen LogP contribution < -0.4 is 4.57 Å². The number of aryl methyl sites for hydroxylation is 2. The maximum absolute atomic E-state index is 16.8. The van der Waals surface area contributed by atoms with E-state index < -0.39 is 28.0 Å². The molecule has 2 heterocycles. The van der Waals surface area contributed by atoms with Crippen LogP contribution in [0.2, 0.25) is 0 Å². The van der Waals surface area contributed by atoms with Gasteiger partial charge >= 0.3 is 0 Å². The highest BCUT2D eigenvalue weighted by atomic mass is 19.3. The summed E-state index contributed by atoms with van der Waals surface area (Å²) in [5, 5.41) is 1.61. The van der Waals surface area contributed by atoms with Crippen LogP contribution in [0.1, 0.15) is 84.6 Å². The molecule has 0 fully saturated rings. The van der Waals surface area contributed by atoms with Crippen molar-refractivity contribution in [1.29, 1.82) is 0 Å². The molecule has 3 aromatic carbocycles. The van der Waals surface area contributed by atoms with Crippen molar-refractivity contribution in [2.45, 2.75) is 91.4 Å². The fourth-order valence-electron chi connectivity index (χ4n) is 7.71. The molecule has 1 aliphatic carbocycles. The van der Waals surface area contributed by atoms with Gasteiger partial charge in [0, 0.05) is 33.7 Å². The van der Waals surface area contributed by atoms with Crippen LogP contribution in [-0.2, 0) is 23.3 Å². The van der Waals surface area contributed by atoms with Crippen molar-refractivity contribution in [1.82, 2.24) is 0 Å². The lowest BCUT2D eigenvalue weighted by atomic mass is 9.47. The molecule has 0 amide bonds. The monoisotopic (exact) mass is 598 g/mol. The average Bonchev–Trinajstić information content (AvgIpc) is 3.29.